The molecule has 0 aliphatic carbocycles. The number of aliphatic imine (C=N–C) groups is 1. The number of aromatic hydroxyl groups is 1. The molecular formula is C61H76N12O7. The minimum atomic E-state index is -1.20. The SMILES string of the molecule is Cc1cc(O)cc(C)c1C[C@H](N)C(=O)N[C@H](CCCN=C(N)N)C(=O)N[C@H]1Cc2c(ccc3ccccc23)CN(CC(=O)N[C@@H](CCCN2CCC(Cc3ccccc3)CC2)C(=O)N[C@@H](Cc2c[nH]c3ccccc23)C(N)=O)C1=O. The van der Waals surface area contributed by atoms with Crippen LogP contribution in [0.25, 0.3) is 21.7 Å². The number of rotatable bonds is 24. The summed E-state index contributed by atoms with van der Waals surface area (Å²) < 4.78 is 0. The second-order valence-corrected chi connectivity index (χ2v) is 21.5. The number of likely N-dealkylation sites (tertiary alicyclic amines) is 1. The van der Waals surface area contributed by atoms with Crippen LogP contribution in [0.4, 0.5) is 0 Å². The summed E-state index contributed by atoms with van der Waals surface area (Å²) in [6.07, 6.45) is 6.34. The first-order valence-electron chi connectivity index (χ1n) is 27.7. The maximum absolute atomic E-state index is 15.0. The molecule has 14 N–H and O–H groups in total. The van der Waals surface area contributed by atoms with Gasteiger partial charge in [0.2, 0.25) is 35.4 Å². The molecule has 2 aliphatic heterocycles. The van der Waals surface area contributed by atoms with E-state index in [4.69, 9.17) is 22.9 Å². The van der Waals surface area contributed by atoms with Crippen LogP contribution in [0, 0.1) is 19.8 Å². The van der Waals surface area contributed by atoms with Gasteiger partial charge < -0.3 is 64.1 Å². The molecule has 3 heterocycles. The van der Waals surface area contributed by atoms with Crippen molar-refractivity contribution in [2.24, 2.45) is 33.8 Å². The summed E-state index contributed by atoms with van der Waals surface area (Å²) in [7, 11) is 0. The van der Waals surface area contributed by atoms with Gasteiger partial charge in [0.25, 0.3) is 0 Å². The summed E-state index contributed by atoms with van der Waals surface area (Å²) in [6.45, 7) is 5.80. The molecular weight excluding hydrogens is 1010 g/mol. The van der Waals surface area contributed by atoms with Crippen molar-refractivity contribution in [3.63, 3.8) is 0 Å². The smallest absolute Gasteiger partial charge is 0.246 e. The molecule has 1 fully saturated rings. The number of nitrogens with zero attached hydrogens (tertiary/aromatic N) is 3. The predicted molar refractivity (Wildman–Crippen MR) is 310 cm³/mol. The number of hydrogen-bond acceptors (Lipinski definition) is 10. The summed E-state index contributed by atoms with van der Waals surface area (Å²) in [5.74, 6) is -3.25. The lowest BCUT2D eigenvalue weighted by Crippen LogP contribution is -2.57. The zero-order valence-electron chi connectivity index (χ0n) is 45.7. The summed E-state index contributed by atoms with van der Waals surface area (Å²) in [4.78, 5) is 96.4. The van der Waals surface area contributed by atoms with E-state index in [1.807, 2.05) is 80.6 Å². The first kappa shape index (κ1) is 57.9. The van der Waals surface area contributed by atoms with E-state index in [-0.39, 0.29) is 63.3 Å². The minimum absolute atomic E-state index is 0.00782. The van der Waals surface area contributed by atoms with E-state index >= 15 is 0 Å². The predicted octanol–water partition coefficient (Wildman–Crippen LogP) is 3.55. The maximum atomic E-state index is 15.0. The van der Waals surface area contributed by atoms with Crippen molar-refractivity contribution in [1.29, 1.82) is 0 Å². The molecule has 0 radical (unpaired) electrons. The van der Waals surface area contributed by atoms with Gasteiger partial charge in [0.15, 0.2) is 5.96 Å². The monoisotopic (exact) mass is 1090 g/mol. The normalized spacial score (nSPS) is 16.4. The fraction of sp³-hybridized carbons (Fsp3) is 0.393. The fourth-order valence-electron chi connectivity index (χ4n) is 11.3. The third-order valence-electron chi connectivity index (χ3n) is 15.6. The number of nitrogens with two attached hydrogens (primary N) is 4. The van der Waals surface area contributed by atoms with Crippen molar-refractivity contribution < 1.29 is 33.9 Å². The molecule has 0 bridgehead atoms. The standard InChI is InChI=1S/C61H76N12O7/c1-37-28-44(74)29-38(2)47(37)32-49(62)57(77)69-52(18-10-24-66-61(64)65)59(79)71-54-33-48-42(21-20-41-14-6-7-15-45(41)48)35-73(60(54)80)36-55(75)68-51(19-11-25-72-26-22-40(23-27-72)30-39-12-4-3-5-13-39)58(78)70-53(56(63)76)31-43-34-67-50-17-9-8-16-46(43)50/h3-9,12-17,20-21,28-29,34,40,49,51-54,67,74H,10-11,18-19,22-27,30-33,35-36,62H2,1-2H3,(H2,63,76)(H,68,75)(H,69,77)(H,70,78)(H,71,79)(H4,64,65,66)/t49-,51-,52+,53-,54-/m0/s1. The maximum Gasteiger partial charge on any atom is 0.246 e. The molecule has 8 rings (SSSR count). The topological polar surface area (TPSA) is 309 Å². The van der Waals surface area contributed by atoms with Gasteiger partial charge in [0, 0.05) is 43.0 Å². The lowest BCUT2D eigenvalue weighted by molar-refractivity contribution is -0.141. The van der Waals surface area contributed by atoms with Crippen LogP contribution in [-0.2, 0) is 61.0 Å². The Morgan fingerprint density at radius 2 is 1.43 bits per heavy atom. The molecule has 6 amide bonds. The molecule has 80 heavy (non-hydrogen) atoms. The van der Waals surface area contributed by atoms with E-state index in [0.717, 1.165) is 87.4 Å². The van der Waals surface area contributed by atoms with E-state index in [9.17, 15) is 33.9 Å². The lowest BCUT2D eigenvalue weighted by atomic mass is 9.90. The number of nitrogens with one attached hydrogen (secondary N) is 5. The molecule has 422 valence electrons. The first-order valence-corrected chi connectivity index (χ1v) is 27.7. The molecule has 5 atom stereocenters. The van der Waals surface area contributed by atoms with Gasteiger partial charge in [-0.05, 0) is 159 Å². The van der Waals surface area contributed by atoms with Crippen LogP contribution in [0.15, 0.2) is 114 Å². The minimum Gasteiger partial charge on any atom is -0.508 e. The molecule has 1 saturated heterocycles. The Balaban J connectivity index is 1.00. The molecule has 19 nitrogen and oxygen atoms in total. The molecule has 0 spiro atoms. The van der Waals surface area contributed by atoms with E-state index < -0.39 is 72.2 Å². The summed E-state index contributed by atoms with van der Waals surface area (Å²) >= 11 is 0. The highest BCUT2D eigenvalue weighted by Gasteiger charge is 2.36. The largest absolute Gasteiger partial charge is 0.508 e. The van der Waals surface area contributed by atoms with Crippen molar-refractivity contribution >= 4 is 63.1 Å². The van der Waals surface area contributed by atoms with Crippen molar-refractivity contribution in [2.45, 2.75) is 115 Å². The van der Waals surface area contributed by atoms with Gasteiger partial charge in [0.05, 0.1) is 12.6 Å². The first-order chi connectivity index (χ1) is 38.5. The van der Waals surface area contributed by atoms with Crippen molar-refractivity contribution in [3.8, 4) is 5.75 Å². The second kappa shape index (κ2) is 27.0. The Morgan fingerprint density at radius 3 is 2.15 bits per heavy atom. The zero-order valence-corrected chi connectivity index (χ0v) is 45.7. The second-order valence-electron chi connectivity index (χ2n) is 21.5. The molecule has 5 aromatic carbocycles. The summed E-state index contributed by atoms with van der Waals surface area (Å²) in [5.41, 5.74) is 30.4. The Kier molecular flexibility index (Phi) is 19.6. The number of para-hydroxylation sites is 1. The quantitative estimate of drug-likeness (QED) is 0.0237. The van der Waals surface area contributed by atoms with E-state index in [1.54, 1.807) is 18.3 Å². The van der Waals surface area contributed by atoms with E-state index in [0.29, 0.717) is 18.9 Å². The van der Waals surface area contributed by atoms with Gasteiger partial charge in [0.1, 0.15) is 29.9 Å². The Bertz CT molecular complexity index is 3180. The number of primary amides is 1. The van der Waals surface area contributed by atoms with Crippen LogP contribution in [0.1, 0.15) is 77.5 Å². The summed E-state index contributed by atoms with van der Waals surface area (Å²) in [6, 6.07) is 27.2. The van der Waals surface area contributed by atoms with E-state index in [2.05, 4.69) is 60.4 Å². The number of aromatic amines is 1. The Morgan fingerprint density at radius 1 is 0.762 bits per heavy atom. The number of fused-ring (bicyclic) bond motifs is 4. The van der Waals surface area contributed by atoms with Crippen LogP contribution in [-0.4, -0.2) is 124 Å². The van der Waals surface area contributed by atoms with Gasteiger partial charge in [-0.1, -0.05) is 84.9 Å². The number of H-pyrrole nitrogens is 1. The van der Waals surface area contributed by atoms with Crippen molar-refractivity contribution in [1.82, 2.24) is 36.1 Å². The van der Waals surface area contributed by atoms with Gasteiger partial charge in [-0.3, -0.25) is 33.8 Å². The van der Waals surface area contributed by atoms with Crippen molar-refractivity contribution in [3.05, 3.63) is 148 Å². The Hall–Kier alpha value is -8.29. The fourth-order valence-corrected chi connectivity index (χ4v) is 11.3. The number of hydrogen-bond donors (Lipinski definition) is 10. The van der Waals surface area contributed by atoms with Gasteiger partial charge in [-0.15, -0.1) is 0 Å². The molecule has 2 aliphatic rings. The Labute approximate surface area is 466 Å². The van der Waals surface area contributed by atoms with Crippen LogP contribution in [0.3, 0.4) is 0 Å². The highest BCUT2D eigenvalue weighted by Crippen LogP contribution is 2.29. The van der Waals surface area contributed by atoms with Crippen LogP contribution in [0.5, 0.6) is 5.75 Å². The highest BCUT2D eigenvalue weighted by molar-refractivity contribution is 5.97. The zero-order chi connectivity index (χ0) is 56.9. The molecule has 0 saturated carbocycles. The molecule has 1 aromatic heterocycles. The summed E-state index contributed by atoms with van der Waals surface area (Å²) in [5, 5.41) is 24.3. The number of piperidine rings is 1. The molecule has 19 heteroatoms. The average molecular weight is 1090 g/mol. The number of guanidine groups is 1. The number of carbonyl (C=O) groups excluding carboxylic acids is 6. The number of phenols is 1. The van der Waals surface area contributed by atoms with Crippen LogP contribution in [0.2, 0.25) is 0 Å². The lowest BCUT2D eigenvalue weighted by Gasteiger charge is -2.32. The number of aryl methyl sites for hydroxylation is 2. The number of phenolic OH excluding ortho intramolecular Hbond substituents is 1. The number of aromatic nitrogens is 1. The van der Waals surface area contributed by atoms with Gasteiger partial charge in [-0.25, -0.2) is 0 Å². The van der Waals surface area contributed by atoms with Crippen molar-refractivity contribution in [2.75, 3.05) is 32.7 Å². The van der Waals surface area contributed by atoms with E-state index in [1.165, 1.54) is 10.5 Å². The average Bonchev–Trinajstić information content (AvgIpc) is 3.85. The van der Waals surface area contributed by atoms with Crippen LogP contribution >= 0.6 is 0 Å². The van der Waals surface area contributed by atoms with Gasteiger partial charge >= 0.3 is 0 Å². The molecule has 0 unspecified atom stereocenters. The van der Waals surface area contributed by atoms with Crippen LogP contribution < -0.4 is 44.2 Å². The number of carbonyl (C=O) groups is 6. The third-order valence-corrected chi connectivity index (χ3v) is 15.6. The highest BCUT2D eigenvalue weighted by atomic mass is 16.3. The van der Waals surface area contributed by atoms with Gasteiger partial charge in [-0.2, -0.15) is 0 Å². The number of benzene rings is 5. The third kappa shape index (κ3) is 15.3. The number of amides is 6. The molecule has 6 aromatic rings.